The molecule has 0 spiro atoms. The van der Waals surface area contributed by atoms with E-state index < -0.39 is 0 Å². The van der Waals surface area contributed by atoms with Gasteiger partial charge >= 0.3 is 0 Å². The van der Waals surface area contributed by atoms with Crippen LogP contribution in [0.2, 0.25) is 0 Å². The predicted octanol–water partition coefficient (Wildman–Crippen LogP) is 2.70. The summed E-state index contributed by atoms with van der Waals surface area (Å²) < 4.78 is 6.05. The first kappa shape index (κ1) is 13.0. The van der Waals surface area contributed by atoms with Gasteiger partial charge in [-0.1, -0.05) is 18.2 Å². The summed E-state index contributed by atoms with van der Waals surface area (Å²) in [7, 11) is 0. The normalized spacial score (nSPS) is 17.0. The molecule has 1 aliphatic heterocycles. The highest BCUT2D eigenvalue weighted by molar-refractivity contribution is 5.62. The molecule has 2 N–H and O–H groups in total. The Morgan fingerprint density at radius 2 is 2.22 bits per heavy atom. The van der Waals surface area contributed by atoms with Gasteiger partial charge in [0, 0.05) is 13.1 Å². The van der Waals surface area contributed by atoms with Crippen LogP contribution in [0.4, 0.5) is 5.69 Å². The lowest BCUT2D eigenvalue weighted by Gasteiger charge is -2.41. The Kier molecular flexibility index (Phi) is 3.35. The summed E-state index contributed by atoms with van der Waals surface area (Å²) in [5.74, 6) is 0.926. The number of rotatable bonds is 3. The molecule has 1 aliphatic rings. The Morgan fingerprint density at radius 3 is 2.83 bits per heavy atom. The van der Waals surface area contributed by atoms with Gasteiger partial charge in [0.05, 0.1) is 12.2 Å². The van der Waals surface area contributed by atoms with Crippen LogP contribution in [0, 0.1) is 0 Å². The van der Waals surface area contributed by atoms with Gasteiger partial charge in [0.25, 0.3) is 0 Å². The molecule has 3 heteroatoms. The molecule has 0 amide bonds. The number of hydrogen-bond acceptors (Lipinski definition) is 3. The molecule has 1 aromatic carbocycles. The third-order valence-electron chi connectivity index (χ3n) is 3.02. The maximum atomic E-state index is 6.05. The molecule has 1 aromatic rings. The number of anilines is 1. The zero-order valence-corrected chi connectivity index (χ0v) is 11.5. The van der Waals surface area contributed by atoms with Crippen molar-refractivity contribution in [1.82, 2.24) is 0 Å². The second-order valence-corrected chi connectivity index (χ2v) is 5.68. The molecule has 98 valence electrons. The quantitative estimate of drug-likeness (QED) is 0.833. The largest absolute Gasteiger partial charge is 0.484 e. The molecule has 0 saturated heterocycles. The van der Waals surface area contributed by atoms with Crippen molar-refractivity contribution in [2.45, 2.75) is 32.9 Å². The van der Waals surface area contributed by atoms with Crippen molar-refractivity contribution in [3.63, 3.8) is 0 Å². The first-order valence-corrected chi connectivity index (χ1v) is 6.32. The van der Waals surface area contributed by atoms with Crippen LogP contribution in [0.15, 0.2) is 30.4 Å². The first-order chi connectivity index (χ1) is 8.41. The third-order valence-corrected chi connectivity index (χ3v) is 3.02. The Morgan fingerprint density at radius 1 is 1.50 bits per heavy atom. The molecule has 0 fully saturated rings. The van der Waals surface area contributed by atoms with Crippen LogP contribution >= 0.6 is 0 Å². The fraction of sp³-hybridized carbons (Fsp3) is 0.467. The maximum Gasteiger partial charge on any atom is 0.143 e. The molecule has 3 nitrogen and oxygen atoms in total. The topological polar surface area (TPSA) is 38.5 Å². The van der Waals surface area contributed by atoms with Crippen molar-refractivity contribution in [2.75, 3.05) is 18.0 Å². The van der Waals surface area contributed by atoms with Crippen molar-refractivity contribution in [1.29, 1.82) is 0 Å². The van der Waals surface area contributed by atoms with Crippen molar-refractivity contribution in [3.05, 3.63) is 35.9 Å². The van der Waals surface area contributed by atoms with Crippen molar-refractivity contribution in [2.24, 2.45) is 5.73 Å². The van der Waals surface area contributed by atoms with E-state index in [0.29, 0.717) is 6.54 Å². The van der Waals surface area contributed by atoms with Crippen molar-refractivity contribution >= 4 is 5.69 Å². The lowest BCUT2D eigenvalue weighted by atomic mass is 10.0. The van der Waals surface area contributed by atoms with Gasteiger partial charge in [-0.25, -0.2) is 0 Å². The smallest absolute Gasteiger partial charge is 0.143 e. The van der Waals surface area contributed by atoms with Gasteiger partial charge in [-0.3, -0.25) is 0 Å². The number of ether oxygens (including phenoxy) is 1. The standard InChI is InChI=1S/C15H22N2O/c1-11(2)9-17-10-15(3,4)18-14-7-12(8-16)5-6-13(14)17/h5-7H,1,8-10,16H2,2-4H3. The summed E-state index contributed by atoms with van der Waals surface area (Å²) in [4.78, 5) is 2.32. The van der Waals surface area contributed by atoms with Gasteiger partial charge < -0.3 is 15.4 Å². The Bertz CT molecular complexity index is 466. The fourth-order valence-electron chi connectivity index (χ4n) is 2.37. The molecule has 0 atom stereocenters. The zero-order chi connectivity index (χ0) is 13.3. The van der Waals surface area contributed by atoms with Crippen LogP contribution < -0.4 is 15.4 Å². The van der Waals surface area contributed by atoms with Crippen LogP contribution in [-0.4, -0.2) is 18.7 Å². The van der Waals surface area contributed by atoms with E-state index in [-0.39, 0.29) is 5.60 Å². The SMILES string of the molecule is C=C(C)CN1CC(C)(C)Oc2cc(CN)ccc21. The number of fused-ring (bicyclic) bond motifs is 1. The molecule has 0 unspecified atom stereocenters. The van der Waals surface area contributed by atoms with Gasteiger partial charge in [-0.2, -0.15) is 0 Å². The summed E-state index contributed by atoms with van der Waals surface area (Å²) in [6.07, 6.45) is 0. The Hall–Kier alpha value is -1.48. The summed E-state index contributed by atoms with van der Waals surface area (Å²) in [5.41, 5.74) is 8.88. The van der Waals surface area contributed by atoms with Gasteiger partial charge in [0.2, 0.25) is 0 Å². The van der Waals surface area contributed by atoms with Crippen LogP contribution in [0.1, 0.15) is 26.3 Å². The van der Waals surface area contributed by atoms with E-state index in [1.165, 1.54) is 0 Å². The molecule has 18 heavy (non-hydrogen) atoms. The minimum absolute atomic E-state index is 0.185. The molecular weight excluding hydrogens is 224 g/mol. The minimum Gasteiger partial charge on any atom is -0.484 e. The first-order valence-electron chi connectivity index (χ1n) is 6.32. The highest BCUT2D eigenvalue weighted by atomic mass is 16.5. The number of benzene rings is 1. The van der Waals surface area contributed by atoms with E-state index in [2.05, 4.69) is 44.4 Å². The van der Waals surface area contributed by atoms with Gasteiger partial charge in [-0.05, 0) is 38.5 Å². The molecule has 2 rings (SSSR count). The second kappa shape index (κ2) is 4.65. The average Bonchev–Trinajstić information content (AvgIpc) is 2.25. The average molecular weight is 246 g/mol. The molecule has 0 aliphatic carbocycles. The molecule has 0 saturated carbocycles. The number of hydrogen-bond donors (Lipinski definition) is 1. The monoisotopic (exact) mass is 246 g/mol. The van der Waals surface area contributed by atoms with Crippen LogP contribution in [0.25, 0.3) is 0 Å². The highest BCUT2D eigenvalue weighted by Crippen LogP contribution is 2.37. The Balaban J connectivity index is 2.39. The highest BCUT2D eigenvalue weighted by Gasteiger charge is 2.31. The molecule has 1 heterocycles. The molecular formula is C15H22N2O. The molecule has 0 radical (unpaired) electrons. The van der Waals surface area contributed by atoms with Crippen molar-refractivity contribution in [3.8, 4) is 5.75 Å². The second-order valence-electron chi connectivity index (χ2n) is 5.68. The summed E-state index contributed by atoms with van der Waals surface area (Å²) in [5, 5.41) is 0. The maximum absolute atomic E-state index is 6.05. The number of nitrogens with two attached hydrogens (primary N) is 1. The van der Waals surface area contributed by atoms with E-state index in [0.717, 1.165) is 35.7 Å². The van der Waals surface area contributed by atoms with Crippen LogP contribution in [-0.2, 0) is 6.54 Å². The number of nitrogens with zero attached hydrogens (tertiary/aromatic N) is 1. The van der Waals surface area contributed by atoms with E-state index in [9.17, 15) is 0 Å². The van der Waals surface area contributed by atoms with E-state index >= 15 is 0 Å². The minimum atomic E-state index is -0.185. The fourth-order valence-corrected chi connectivity index (χ4v) is 2.37. The van der Waals surface area contributed by atoms with Gasteiger partial charge in [-0.15, -0.1) is 0 Å². The van der Waals surface area contributed by atoms with E-state index in [1.807, 2.05) is 6.07 Å². The summed E-state index contributed by atoms with van der Waals surface area (Å²) in [6, 6.07) is 6.20. The van der Waals surface area contributed by atoms with Gasteiger partial charge in [0.15, 0.2) is 0 Å². The molecule has 0 aromatic heterocycles. The van der Waals surface area contributed by atoms with Crippen molar-refractivity contribution < 1.29 is 4.74 Å². The zero-order valence-electron chi connectivity index (χ0n) is 11.5. The third kappa shape index (κ3) is 2.67. The Labute approximate surface area is 109 Å². The lowest BCUT2D eigenvalue weighted by Crippen LogP contribution is -2.47. The molecule has 0 bridgehead atoms. The van der Waals surface area contributed by atoms with Crippen LogP contribution in [0.3, 0.4) is 0 Å². The lowest BCUT2D eigenvalue weighted by molar-refractivity contribution is 0.106. The van der Waals surface area contributed by atoms with Gasteiger partial charge in [0.1, 0.15) is 11.4 Å². The van der Waals surface area contributed by atoms with Crippen LogP contribution in [0.5, 0.6) is 5.75 Å². The van der Waals surface area contributed by atoms with E-state index in [1.54, 1.807) is 0 Å². The summed E-state index contributed by atoms with van der Waals surface area (Å²) in [6.45, 7) is 12.5. The van der Waals surface area contributed by atoms with E-state index in [4.69, 9.17) is 10.5 Å². The predicted molar refractivity (Wildman–Crippen MR) is 76.1 cm³/mol. The summed E-state index contributed by atoms with van der Waals surface area (Å²) >= 11 is 0.